The van der Waals surface area contributed by atoms with Gasteiger partial charge in [0.25, 0.3) is 5.91 Å². The number of morpholine rings is 1. The largest absolute Gasteiger partial charge is 0.488 e. The molecule has 1 aromatic heterocycles. The van der Waals surface area contributed by atoms with E-state index in [1.54, 1.807) is 16.2 Å². The van der Waals surface area contributed by atoms with E-state index in [4.69, 9.17) is 9.47 Å². The first-order valence-corrected chi connectivity index (χ1v) is 12.6. The van der Waals surface area contributed by atoms with Crippen molar-refractivity contribution in [3.05, 3.63) is 63.4 Å². The van der Waals surface area contributed by atoms with Crippen LogP contribution in [-0.2, 0) is 29.1 Å². The molecule has 3 heterocycles. The molecule has 0 radical (unpaired) electrons. The lowest BCUT2D eigenvalue weighted by Gasteiger charge is -2.30. The molecule has 0 bridgehead atoms. The number of fused-ring (bicyclic) bond motifs is 1. The van der Waals surface area contributed by atoms with E-state index in [1.807, 2.05) is 17.5 Å². The molecule has 7 heteroatoms. The SMILES string of the molecule is C=C1CC[C@H](N2Cc3c(csc3COc3ccc(CCN4CCOCC4)cc3)C2=O)C(=O)C1. The van der Waals surface area contributed by atoms with Crippen molar-refractivity contribution in [3.8, 4) is 5.75 Å². The maximum atomic E-state index is 12.9. The van der Waals surface area contributed by atoms with Gasteiger partial charge in [0.05, 0.1) is 24.8 Å². The Morgan fingerprint density at radius 2 is 1.94 bits per heavy atom. The van der Waals surface area contributed by atoms with E-state index < -0.39 is 0 Å². The van der Waals surface area contributed by atoms with Crippen molar-refractivity contribution in [1.29, 1.82) is 0 Å². The number of hydrogen-bond donors (Lipinski definition) is 0. The molecule has 2 aliphatic heterocycles. The predicted octanol–water partition coefficient (Wildman–Crippen LogP) is 3.84. The second-order valence-electron chi connectivity index (χ2n) is 9.07. The van der Waals surface area contributed by atoms with E-state index in [2.05, 4.69) is 23.6 Å². The van der Waals surface area contributed by atoms with Gasteiger partial charge in [-0.25, -0.2) is 0 Å². The second-order valence-corrected chi connectivity index (χ2v) is 10.0. The lowest BCUT2D eigenvalue weighted by Crippen LogP contribution is -2.43. The maximum absolute atomic E-state index is 12.9. The van der Waals surface area contributed by atoms with Crippen LogP contribution in [0.4, 0.5) is 0 Å². The van der Waals surface area contributed by atoms with Crippen LogP contribution >= 0.6 is 11.3 Å². The van der Waals surface area contributed by atoms with E-state index in [0.29, 0.717) is 26.0 Å². The molecule has 3 aliphatic rings. The molecule has 6 nitrogen and oxygen atoms in total. The average Bonchev–Trinajstić information content (AvgIpc) is 3.38. The van der Waals surface area contributed by atoms with Gasteiger partial charge in [-0.05, 0) is 37.0 Å². The predicted molar refractivity (Wildman–Crippen MR) is 128 cm³/mol. The fraction of sp³-hybridized carbons (Fsp3) is 0.462. The van der Waals surface area contributed by atoms with Gasteiger partial charge in [0.15, 0.2) is 5.78 Å². The van der Waals surface area contributed by atoms with E-state index >= 15 is 0 Å². The Morgan fingerprint density at radius 3 is 2.70 bits per heavy atom. The number of carbonyl (C=O) groups is 2. The number of rotatable bonds is 7. The van der Waals surface area contributed by atoms with Crippen LogP contribution in [0, 0.1) is 0 Å². The molecule has 1 aliphatic carbocycles. The Morgan fingerprint density at radius 1 is 1.15 bits per heavy atom. The summed E-state index contributed by atoms with van der Waals surface area (Å²) in [4.78, 5) is 30.7. The number of ether oxygens (including phenoxy) is 2. The topological polar surface area (TPSA) is 59.1 Å². The Hall–Kier alpha value is -2.48. The van der Waals surface area contributed by atoms with Gasteiger partial charge < -0.3 is 14.4 Å². The summed E-state index contributed by atoms with van der Waals surface area (Å²) in [6, 6.07) is 7.98. The number of hydrogen-bond acceptors (Lipinski definition) is 6. The van der Waals surface area contributed by atoms with Gasteiger partial charge in [0.2, 0.25) is 0 Å². The molecule has 0 unspecified atom stereocenters. The number of amides is 1. The Labute approximate surface area is 198 Å². The molecule has 5 rings (SSSR count). The first-order valence-electron chi connectivity index (χ1n) is 11.7. The number of nitrogens with zero attached hydrogens (tertiary/aromatic N) is 2. The van der Waals surface area contributed by atoms with Gasteiger partial charge in [0, 0.05) is 48.4 Å². The molecule has 174 valence electrons. The smallest absolute Gasteiger partial charge is 0.255 e. The van der Waals surface area contributed by atoms with Gasteiger partial charge in [-0.2, -0.15) is 0 Å². The van der Waals surface area contributed by atoms with E-state index in [1.165, 1.54) is 5.56 Å². The third kappa shape index (κ3) is 4.90. The lowest BCUT2D eigenvalue weighted by molar-refractivity contribution is -0.124. The van der Waals surface area contributed by atoms with Crippen LogP contribution in [0.25, 0.3) is 0 Å². The third-order valence-corrected chi connectivity index (χ3v) is 7.86. The summed E-state index contributed by atoms with van der Waals surface area (Å²) in [5, 5.41) is 1.91. The first kappa shape index (κ1) is 22.3. The van der Waals surface area contributed by atoms with Crippen molar-refractivity contribution >= 4 is 23.0 Å². The molecule has 1 aromatic carbocycles. The summed E-state index contributed by atoms with van der Waals surface area (Å²) in [7, 11) is 0. The number of carbonyl (C=O) groups excluding carboxylic acids is 2. The highest BCUT2D eigenvalue weighted by molar-refractivity contribution is 7.10. The number of benzene rings is 1. The van der Waals surface area contributed by atoms with Crippen LogP contribution in [0.15, 0.2) is 41.8 Å². The summed E-state index contributed by atoms with van der Waals surface area (Å²) in [5.74, 6) is 0.914. The molecule has 0 spiro atoms. The van der Waals surface area contributed by atoms with Crippen LogP contribution < -0.4 is 4.74 Å². The zero-order valence-electron chi connectivity index (χ0n) is 18.9. The molecular formula is C26H30N2O4S. The highest BCUT2D eigenvalue weighted by Gasteiger charge is 2.39. The molecule has 0 N–H and O–H groups in total. The van der Waals surface area contributed by atoms with Crippen molar-refractivity contribution in [1.82, 2.24) is 9.80 Å². The van der Waals surface area contributed by atoms with Crippen molar-refractivity contribution in [2.45, 2.75) is 44.9 Å². The van der Waals surface area contributed by atoms with Crippen LogP contribution in [-0.4, -0.2) is 60.4 Å². The van der Waals surface area contributed by atoms with Crippen LogP contribution in [0.2, 0.25) is 0 Å². The molecule has 33 heavy (non-hydrogen) atoms. The highest BCUT2D eigenvalue weighted by atomic mass is 32.1. The van der Waals surface area contributed by atoms with Crippen LogP contribution in [0.1, 0.15) is 45.6 Å². The molecule has 1 saturated heterocycles. The van der Waals surface area contributed by atoms with Crippen LogP contribution in [0.3, 0.4) is 0 Å². The quantitative estimate of drug-likeness (QED) is 0.581. The van der Waals surface area contributed by atoms with E-state index in [-0.39, 0.29) is 17.7 Å². The molecule has 1 amide bonds. The van der Waals surface area contributed by atoms with E-state index in [0.717, 1.165) is 73.0 Å². The van der Waals surface area contributed by atoms with Gasteiger partial charge in [-0.1, -0.05) is 24.3 Å². The highest BCUT2D eigenvalue weighted by Crippen LogP contribution is 2.35. The number of thiophene rings is 1. The zero-order valence-corrected chi connectivity index (χ0v) is 19.7. The number of allylic oxidation sites excluding steroid dienone is 1. The van der Waals surface area contributed by atoms with Crippen LogP contribution in [0.5, 0.6) is 5.75 Å². The van der Waals surface area contributed by atoms with Gasteiger partial charge >= 0.3 is 0 Å². The molecule has 2 fully saturated rings. The molecule has 1 atom stereocenters. The Kier molecular flexibility index (Phi) is 6.62. The first-order chi connectivity index (χ1) is 16.1. The van der Waals surface area contributed by atoms with Crippen molar-refractivity contribution < 1.29 is 19.1 Å². The van der Waals surface area contributed by atoms with Crippen molar-refractivity contribution in [2.75, 3.05) is 32.8 Å². The minimum atomic E-state index is -0.320. The van der Waals surface area contributed by atoms with Gasteiger partial charge in [0.1, 0.15) is 12.4 Å². The van der Waals surface area contributed by atoms with Gasteiger partial charge in [-0.3, -0.25) is 14.5 Å². The van der Waals surface area contributed by atoms with Crippen molar-refractivity contribution in [3.63, 3.8) is 0 Å². The zero-order chi connectivity index (χ0) is 22.8. The minimum Gasteiger partial charge on any atom is -0.488 e. The monoisotopic (exact) mass is 466 g/mol. The standard InChI is InChI=1S/C26H30N2O4S/c1-18-2-7-23(24(29)14-18)28-15-21-22(26(28)30)17-33-25(21)16-32-20-5-3-19(4-6-20)8-9-27-10-12-31-13-11-27/h3-6,17,23H,1-2,7-16H2/t23-/m0/s1. The van der Waals surface area contributed by atoms with Crippen molar-refractivity contribution in [2.24, 2.45) is 0 Å². The summed E-state index contributed by atoms with van der Waals surface area (Å²) in [6.45, 7) is 9.59. The number of Topliss-reactive ketones (excluding diaryl/α,β-unsaturated/α-hetero) is 1. The summed E-state index contributed by atoms with van der Waals surface area (Å²) in [5.41, 5.74) is 4.02. The number of ketones is 1. The fourth-order valence-electron chi connectivity index (χ4n) is 4.84. The second kappa shape index (κ2) is 9.79. The van der Waals surface area contributed by atoms with E-state index in [9.17, 15) is 9.59 Å². The molecular weight excluding hydrogens is 436 g/mol. The molecule has 1 saturated carbocycles. The molecule has 2 aromatic rings. The summed E-state index contributed by atoms with van der Waals surface area (Å²) < 4.78 is 11.5. The normalized spacial score (nSPS) is 21.5. The summed E-state index contributed by atoms with van der Waals surface area (Å²) >= 11 is 1.56. The fourth-order valence-corrected chi connectivity index (χ4v) is 5.79. The average molecular weight is 467 g/mol. The Balaban J connectivity index is 1.16. The maximum Gasteiger partial charge on any atom is 0.255 e. The third-order valence-electron chi connectivity index (χ3n) is 6.86. The Bertz CT molecular complexity index is 1040. The van der Waals surface area contributed by atoms with Gasteiger partial charge in [-0.15, -0.1) is 11.3 Å². The summed E-state index contributed by atoms with van der Waals surface area (Å²) in [6.07, 6.45) is 2.90. The minimum absolute atomic E-state index is 0.0250. The lowest BCUT2D eigenvalue weighted by atomic mass is 9.90.